The lowest BCUT2D eigenvalue weighted by Gasteiger charge is -2.51. The van der Waals surface area contributed by atoms with Crippen molar-refractivity contribution in [1.29, 1.82) is 0 Å². The van der Waals surface area contributed by atoms with Gasteiger partial charge in [-0.1, -0.05) is 24.3 Å². The molecule has 25 heavy (non-hydrogen) atoms. The lowest BCUT2D eigenvalue weighted by Crippen LogP contribution is -2.55. The van der Waals surface area contributed by atoms with Gasteiger partial charge in [0.05, 0.1) is 11.6 Å². The zero-order valence-corrected chi connectivity index (χ0v) is 14.6. The van der Waals surface area contributed by atoms with E-state index in [1.165, 1.54) is 13.3 Å². The Bertz CT molecular complexity index is 798. The Balaban J connectivity index is 1.74. The van der Waals surface area contributed by atoms with Crippen molar-refractivity contribution >= 4 is 16.9 Å². The normalized spacial score (nSPS) is 29.3. The van der Waals surface area contributed by atoms with Crippen LogP contribution in [0.25, 0.3) is 10.9 Å². The molecule has 2 aromatic rings. The SMILES string of the molecule is C=C[C@H]1CN2CC[C@H]1C[C@@H]2[C@@H](OC(C)=O)c1ccnc2ccccc12. The number of hydrogen-bond acceptors (Lipinski definition) is 4. The second-order valence-electron chi connectivity index (χ2n) is 7.19. The van der Waals surface area contributed by atoms with Crippen molar-refractivity contribution in [3.63, 3.8) is 0 Å². The Morgan fingerprint density at radius 1 is 1.40 bits per heavy atom. The van der Waals surface area contributed by atoms with Crippen molar-refractivity contribution in [2.24, 2.45) is 11.8 Å². The van der Waals surface area contributed by atoms with Gasteiger partial charge in [-0.15, -0.1) is 6.58 Å². The maximum atomic E-state index is 11.9. The largest absolute Gasteiger partial charge is 0.456 e. The number of pyridine rings is 1. The average Bonchev–Trinajstić information content (AvgIpc) is 2.66. The minimum Gasteiger partial charge on any atom is -0.456 e. The molecular formula is C21H24N2O2. The van der Waals surface area contributed by atoms with E-state index in [1.807, 2.05) is 30.5 Å². The van der Waals surface area contributed by atoms with E-state index in [2.05, 4.69) is 28.6 Å². The van der Waals surface area contributed by atoms with Crippen LogP contribution in [0.1, 0.15) is 31.4 Å². The van der Waals surface area contributed by atoms with E-state index in [0.717, 1.165) is 36.0 Å². The molecule has 0 spiro atoms. The number of carbonyl (C=O) groups excluding carboxylic acids is 1. The van der Waals surface area contributed by atoms with Gasteiger partial charge in [0.2, 0.25) is 0 Å². The van der Waals surface area contributed by atoms with Gasteiger partial charge >= 0.3 is 5.97 Å². The molecule has 4 heterocycles. The highest BCUT2D eigenvalue weighted by molar-refractivity contribution is 5.82. The molecule has 3 aliphatic heterocycles. The van der Waals surface area contributed by atoms with Gasteiger partial charge < -0.3 is 4.74 Å². The molecule has 1 unspecified atom stereocenters. The molecule has 3 fully saturated rings. The smallest absolute Gasteiger partial charge is 0.303 e. The van der Waals surface area contributed by atoms with Crippen LogP contribution < -0.4 is 0 Å². The van der Waals surface area contributed by atoms with Crippen LogP contribution in [0.3, 0.4) is 0 Å². The molecule has 5 rings (SSSR count). The van der Waals surface area contributed by atoms with Crippen molar-refractivity contribution in [2.75, 3.05) is 13.1 Å². The number of nitrogens with zero attached hydrogens (tertiary/aromatic N) is 2. The Hall–Kier alpha value is -2.20. The number of benzene rings is 1. The summed E-state index contributed by atoms with van der Waals surface area (Å²) >= 11 is 0. The van der Waals surface area contributed by atoms with E-state index in [-0.39, 0.29) is 18.1 Å². The fourth-order valence-electron chi connectivity index (χ4n) is 4.59. The van der Waals surface area contributed by atoms with Crippen LogP contribution in [0.15, 0.2) is 49.2 Å². The van der Waals surface area contributed by atoms with Gasteiger partial charge in [-0.05, 0) is 43.4 Å². The van der Waals surface area contributed by atoms with Crippen LogP contribution >= 0.6 is 0 Å². The third kappa shape index (κ3) is 2.95. The van der Waals surface area contributed by atoms with E-state index in [4.69, 9.17) is 4.74 Å². The first-order valence-electron chi connectivity index (χ1n) is 9.05. The van der Waals surface area contributed by atoms with Crippen LogP contribution in [0.2, 0.25) is 0 Å². The van der Waals surface area contributed by atoms with Crippen molar-refractivity contribution in [3.05, 3.63) is 54.7 Å². The predicted molar refractivity (Wildman–Crippen MR) is 98.0 cm³/mol. The Kier molecular flexibility index (Phi) is 4.30. The van der Waals surface area contributed by atoms with Gasteiger partial charge in [0, 0.05) is 30.6 Å². The monoisotopic (exact) mass is 336 g/mol. The molecule has 3 saturated heterocycles. The molecule has 0 radical (unpaired) electrons. The number of rotatable bonds is 4. The summed E-state index contributed by atoms with van der Waals surface area (Å²) in [6.45, 7) is 7.58. The zero-order valence-electron chi connectivity index (χ0n) is 14.6. The van der Waals surface area contributed by atoms with Crippen LogP contribution in [0.5, 0.6) is 0 Å². The summed E-state index contributed by atoms with van der Waals surface area (Å²) in [5.74, 6) is 0.963. The van der Waals surface area contributed by atoms with Gasteiger partial charge in [-0.3, -0.25) is 14.7 Å². The third-order valence-electron chi connectivity index (χ3n) is 5.79. The van der Waals surface area contributed by atoms with E-state index in [9.17, 15) is 4.79 Å². The molecule has 4 nitrogen and oxygen atoms in total. The van der Waals surface area contributed by atoms with Crippen LogP contribution in [0, 0.1) is 11.8 Å². The van der Waals surface area contributed by atoms with Gasteiger partial charge in [0.1, 0.15) is 6.10 Å². The van der Waals surface area contributed by atoms with Gasteiger partial charge in [-0.25, -0.2) is 0 Å². The predicted octanol–water partition coefficient (Wildman–Crippen LogP) is 3.74. The van der Waals surface area contributed by atoms with Crippen molar-refractivity contribution in [2.45, 2.75) is 31.9 Å². The lowest BCUT2D eigenvalue weighted by molar-refractivity contribution is -0.154. The number of esters is 1. The highest BCUT2D eigenvalue weighted by atomic mass is 16.5. The maximum Gasteiger partial charge on any atom is 0.303 e. The first-order valence-corrected chi connectivity index (χ1v) is 9.05. The molecule has 5 atom stereocenters. The van der Waals surface area contributed by atoms with E-state index in [1.54, 1.807) is 0 Å². The first-order chi connectivity index (χ1) is 12.2. The molecule has 3 aliphatic rings. The first kappa shape index (κ1) is 16.3. The highest BCUT2D eigenvalue weighted by Crippen LogP contribution is 2.43. The van der Waals surface area contributed by atoms with Crippen LogP contribution in [-0.2, 0) is 9.53 Å². The standard InChI is InChI=1S/C21H24N2O2/c1-3-15-13-23-11-9-16(15)12-20(23)21(25-14(2)24)18-8-10-22-19-7-5-4-6-17(18)19/h3-8,10,15-16,20-21H,1,9,11-13H2,2H3/t15-,16-,20+,21-/m0/s1. The minimum absolute atomic E-state index is 0.227. The Morgan fingerprint density at radius 2 is 2.24 bits per heavy atom. The van der Waals surface area contributed by atoms with E-state index >= 15 is 0 Å². The van der Waals surface area contributed by atoms with Gasteiger partial charge in [0.15, 0.2) is 0 Å². The second-order valence-corrected chi connectivity index (χ2v) is 7.19. The van der Waals surface area contributed by atoms with Crippen molar-refractivity contribution < 1.29 is 9.53 Å². The van der Waals surface area contributed by atoms with E-state index in [0.29, 0.717) is 11.8 Å². The molecule has 1 aromatic heterocycles. The van der Waals surface area contributed by atoms with Gasteiger partial charge in [-0.2, -0.15) is 0 Å². The summed E-state index contributed by atoms with van der Waals surface area (Å²) in [6, 6.07) is 10.3. The summed E-state index contributed by atoms with van der Waals surface area (Å²) in [5, 5.41) is 1.07. The second kappa shape index (κ2) is 6.60. The van der Waals surface area contributed by atoms with E-state index < -0.39 is 0 Å². The minimum atomic E-state index is -0.251. The number of para-hydroxylation sites is 1. The topological polar surface area (TPSA) is 42.4 Å². The number of carbonyl (C=O) groups is 1. The summed E-state index contributed by atoms with van der Waals surface area (Å²) < 4.78 is 5.87. The average molecular weight is 336 g/mol. The quantitative estimate of drug-likeness (QED) is 0.630. The molecule has 0 saturated carbocycles. The molecule has 2 bridgehead atoms. The summed E-state index contributed by atoms with van der Waals surface area (Å²) in [6.07, 6.45) is 5.91. The van der Waals surface area contributed by atoms with Crippen molar-refractivity contribution in [1.82, 2.24) is 9.88 Å². The third-order valence-corrected chi connectivity index (χ3v) is 5.79. The molecule has 0 amide bonds. The fraction of sp³-hybridized carbons (Fsp3) is 0.429. The van der Waals surface area contributed by atoms with Gasteiger partial charge in [0.25, 0.3) is 0 Å². The molecule has 4 heteroatoms. The van der Waals surface area contributed by atoms with Crippen LogP contribution in [0.4, 0.5) is 0 Å². The number of fused-ring (bicyclic) bond motifs is 4. The summed E-state index contributed by atoms with van der Waals surface area (Å²) in [4.78, 5) is 18.8. The molecule has 1 aromatic carbocycles. The zero-order chi connectivity index (χ0) is 17.4. The number of ether oxygens (including phenoxy) is 1. The lowest BCUT2D eigenvalue weighted by atomic mass is 9.73. The number of aromatic nitrogens is 1. The Labute approximate surface area is 148 Å². The summed E-state index contributed by atoms with van der Waals surface area (Å²) in [5.41, 5.74) is 2.01. The fourth-order valence-corrected chi connectivity index (χ4v) is 4.59. The highest BCUT2D eigenvalue weighted by Gasteiger charge is 2.44. The number of hydrogen-bond donors (Lipinski definition) is 0. The van der Waals surface area contributed by atoms with Crippen molar-refractivity contribution in [3.8, 4) is 0 Å². The molecule has 0 aliphatic carbocycles. The molecular weight excluding hydrogens is 312 g/mol. The Morgan fingerprint density at radius 3 is 2.96 bits per heavy atom. The molecule has 0 N–H and O–H groups in total. The molecule has 130 valence electrons. The number of piperidine rings is 3. The maximum absolute atomic E-state index is 11.9. The van der Waals surface area contributed by atoms with Crippen LogP contribution in [-0.4, -0.2) is 35.0 Å². The summed E-state index contributed by atoms with van der Waals surface area (Å²) in [7, 11) is 0.